The number of carbonyl (C=O) groups is 3. The molecule has 152 valence electrons. The number of hydrogen-bond donors (Lipinski definition) is 1. The van der Waals surface area contributed by atoms with E-state index in [0.717, 1.165) is 29.7 Å². The van der Waals surface area contributed by atoms with Gasteiger partial charge in [-0.1, -0.05) is 24.3 Å². The number of rotatable bonds is 8. The van der Waals surface area contributed by atoms with Gasteiger partial charge in [0.25, 0.3) is 0 Å². The van der Waals surface area contributed by atoms with Crippen LogP contribution in [0.4, 0.5) is 5.69 Å². The van der Waals surface area contributed by atoms with E-state index in [1.807, 2.05) is 24.3 Å². The largest absolute Gasteiger partial charge is 0.465 e. The van der Waals surface area contributed by atoms with Crippen molar-refractivity contribution in [2.75, 3.05) is 19.1 Å². The van der Waals surface area contributed by atoms with Gasteiger partial charge in [0.2, 0.25) is 5.91 Å². The molecular formula is C23H26N2O4. The van der Waals surface area contributed by atoms with E-state index in [1.165, 1.54) is 7.11 Å². The van der Waals surface area contributed by atoms with Crippen molar-refractivity contribution in [3.05, 3.63) is 65.2 Å². The molecule has 1 amide bonds. The van der Waals surface area contributed by atoms with Gasteiger partial charge < -0.3 is 15.4 Å². The number of esters is 1. The molecule has 6 heteroatoms. The van der Waals surface area contributed by atoms with Crippen LogP contribution in [0.3, 0.4) is 0 Å². The first kappa shape index (κ1) is 20.7. The predicted octanol–water partition coefficient (Wildman–Crippen LogP) is 2.53. The van der Waals surface area contributed by atoms with Crippen LogP contribution >= 0.6 is 0 Å². The van der Waals surface area contributed by atoms with Crippen LogP contribution < -0.4 is 10.6 Å². The van der Waals surface area contributed by atoms with Crippen molar-refractivity contribution in [2.24, 2.45) is 11.7 Å². The first-order chi connectivity index (χ1) is 13.9. The quantitative estimate of drug-likeness (QED) is 0.695. The lowest BCUT2D eigenvalue weighted by molar-refractivity contribution is -0.120. The number of benzene rings is 2. The molecule has 0 unspecified atom stereocenters. The van der Waals surface area contributed by atoms with Crippen molar-refractivity contribution in [2.45, 2.75) is 31.7 Å². The zero-order valence-electron chi connectivity index (χ0n) is 16.8. The van der Waals surface area contributed by atoms with Crippen LogP contribution in [-0.4, -0.2) is 37.9 Å². The average molecular weight is 394 g/mol. The molecule has 1 saturated carbocycles. The summed E-state index contributed by atoms with van der Waals surface area (Å²) in [7, 11) is 3.12. The van der Waals surface area contributed by atoms with Gasteiger partial charge in [0.05, 0.1) is 18.7 Å². The smallest absolute Gasteiger partial charge is 0.337 e. The number of Topliss-reactive ketones (excluding diaryl/α,β-unsaturated/α-hetero) is 1. The van der Waals surface area contributed by atoms with Crippen LogP contribution in [0.5, 0.6) is 0 Å². The summed E-state index contributed by atoms with van der Waals surface area (Å²) in [5, 5.41) is 0. The summed E-state index contributed by atoms with van der Waals surface area (Å²) >= 11 is 0. The van der Waals surface area contributed by atoms with E-state index >= 15 is 0 Å². The highest BCUT2D eigenvalue weighted by molar-refractivity contribution is 5.96. The van der Waals surface area contributed by atoms with E-state index in [-0.39, 0.29) is 24.0 Å². The highest BCUT2D eigenvalue weighted by Gasteiger charge is 2.32. The summed E-state index contributed by atoms with van der Waals surface area (Å²) in [6, 6.07) is 13.7. The molecule has 1 aliphatic rings. The van der Waals surface area contributed by atoms with E-state index in [0.29, 0.717) is 12.0 Å². The second-order valence-electron chi connectivity index (χ2n) is 7.48. The molecule has 29 heavy (non-hydrogen) atoms. The number of methoxy groups -OCH3 is 1. The average Bonchev–Trinajstić information content (AvgIpc) is 3.58. The van der Waals surface area contributed by atoms with Gasteiger partial charge in [-0.15, -0.1) is 0 Å². The molecule has 0 heterocycles. The van der Waals surface area contributed by atoms with Crippen molar-refractivity contribution >= 4 is 23.3 Å². The molecule has 0 saturated heterocycles. The van der Waals surface area contributed by atoms with Crippen LogP contribution in [0.2, 0.25) is 0 Å². The highest BCUT2D eigenvalue weighted by atomic mass is 16.5. The third-order valence-electron chi connectivity index (χ3n) is 5.20. The lowest BCUT2D eigenvalue weighted by Crippen LogP contribution is -2.34. The molecule has 0 aliphatic heterocycles. The molecule has 0 spiro atoms. The number of ketones is 1. The van der Waals surface area contributed by atoms with Crippen molar-refractivity contribution in [3.8, 4) is 0 Å². The van der Waals surface area contributed by atoms with Crippen molar-refractivity contribution < 1.29 is 19.1 Å². The number of amides is 1. The number of anilines is 1. The molecule has 2 N–H and O–H groups in total. The lowest BCUT2D eigenvalue weighted by atomic mass is 9.98. The van der Waals surface area contributed by atoms with Gasteiger partial charge in [-0.3, -0.25) is 9.59 Å². The fourth-order valence-corrected chi connectivity index (χ4v) is 3.16. The Labute approximate surface area is 170 Å². The second kappa shape index (κ2) is 9.01. The molecule has 3 rings (SSSR count). The van der Waals surface area contributed by atoms with E-state index in [4.69, 9.17) is 5.73 Å². The van der Waals surface area contributed by atoms with E-state index in [9.17, 15) is 14.4 Å². The molecule has 1 fully saturated rings. The normalized spacial score (nSPS) is 14.2. The summed E-state index contributed by atoms with van der Waals surface area (Å²) in [5.41, 5.74) is 9.14. The standard InChI is InChI=1S/C23H26N2O4/c1-25(22(27)17-9-10-17)19-11-5-15(6-12-19)13-20(24)21(26)14-16-3-7-18(8-4-16)23(28)29-2/h3-8,11-12,17,20H,9-10,13-14,24H2,1-2H3/t20-/m0/s1. The van der Waals surface area contributed by atoms with Crippen molar-refractivity contribution in [1.29, 1.82) is 0 Å². The minimum atomic E-state index is -0.619. The van der Waals surface area contributed by atoms with Gasteiger partial charge >= 0.3 is 5.97 Å². The minimum absolute atomic E-state index is 0.0686. The van der Waals surface area contributed by atoms with E-state index < -0.39 is 12.0 Å². The summed E-state index contributed by atoms with van der Waals surface area (Å²) in [6.45, 7) is 0. The first-order valence-electron chi connectivity index (χ1n) is 9.71. The number of hydrogen-bond acceptors (Lipinski definition) is 5. The predicted molar refractivity (Wildman–Crippen MR) is 111 cm³/mol. The van der Waals surface area contributed by atoms with Crippen LogP contribution in [0.1, 0.15) is 34.3 Å². The summed E-state index contributed by atoms with van der Waals surface area (Å²) in [6.07, 6.45) is 2.59. The molecule has 0 bridgehead atoms. The van der Waals surface area contributed by atoms with Gasteiger partial charge in [-0.05, 0) is 54.7 Å². The Morgan fingerprint density at radius 2 is 1.62 bits per heavy atom. The summed E-state index contributed by atoms with van der Waals surface area (Å²) in [5.74, 6) is -0.149. The van der Waals surface area contributed by atoms with Crippen molar-refractivity contribution in [1.82, 2.24) is 0 Å². The van der Waals surface area contributed by atoms with E-state index in [2.05, 4.69) is 4.74 Å². The van der Waals surface area contributed by atoms with Gasteiger partial charge in [-0.25, -0.2) is 4.79 Å². The molecule has 2 aromatic rings. The number of nitrogens with zero attached hydrogens (tertiary/aromatic N) is 1. The van der Waals surface area contributed by atoms with Gasteiger partial charge in [0.15, 0.2) is 5.78 Å². The summed E-state index contributed by atoms with van der Waals surface area (Å²) in [4.78, 5) is 37.8. The Kier molecular flexibility index (Phi) is 6.44. The van der Waals surface area contributed by atoms with Crippen LogP contribution in [0.15, 0.2) is 48.5 Å². The second-order valence-corrected chi connectivity index (χ2v) is 7.48. The summed E-state index contributed by atoms with van der Waals surface area (Å²) < 4.78 is 4.67. The molecule has 0 radical (unpaired) electrons. The molecule has 1 aliphatic carbocycles. The zero-order valence-corrected chi connectivity index (χ0v) is 16.8. The fraction of sp³-hybridized carbons (Fsp3) is 0.348. The molecule has 0 aromatic heterocycles. The number of carbonyl (C=O) groups excluding carboxylic acids is 3. The maximum absolute atomic E-state index is 12.5. The molecular weight excluding hydrogens is 368 g/mol. The Bertz CT molecular complexity index is 886. The van der Waals surface area contributed by atoms with Crippen LogP contribution in [-0.2, 0) is 27.2 Å². The first-order valence-corrected chi connectivity index (χ1v) is 9.71. The highest BCUT2D eigenvalue weighted by Crippen LogP contribution is 2.32. The number of ether oxygens (including phenoxy) is 1. The Morgan fingerprint density at radius 1 is 1.03 bits per heavy atom. The minimum Gasteiger partial charge on any atom is -0.465 e. The Morgan fingerprint density at radius 3 is 2.17 bits per heavy atom. The third-order valence-corrected chi connectivity index (χ3v) is 5.20. The van der Waals surface area contributed by atoms with Crippen molar-refractivity contribution in [3.63, 3.8) is 0 Å². The topological polar surface area (TPSA) is 89.7 Å². The zero-order chi connectivity index (χ0) is 21.0. The van der Waals surface area contributed by atoms with Gasteiger partial charge in [0.1, 0.15) is 0 Å². The Balaban J connectivity index is 1.55. The number of nitrogens with two attached hydrogens (primary N) is 1. The fourth-order valence-electron chi connectivity index (χ4n) is 3.16. The Hall–Kier alpha value is -2.99. The molecule has 6 nitrogen and oxygen atoms in total. The maximum atomic E-state index is 12.5. The van der Waals surface area contributed by atoms with Gasteiger partial charge in [-0.2, -0.15) is 0 Å². The van der Waals surface area contributed by atoms with Crippen LogP contribution in [0.25, 0.3) is 0 Å². The monoisotopic (exact) mass is 394 g/mol. The van der Waals surface area contributed by atoms with Gasteiger partial charge in [0, 0.05) is 25.1 Å². The lowest BCUT2D eigenvalue weighted by Gasteiger charge is -2.18. The van der Waals surface area contributed by atoms with Crippen LogP contribution in [0, 0.1) is 5.92 Å². The SMILES string of the molecule is COC(=O)c1ccc(CC(=O)[C@@H](N)Cc2ccc(N(C)C(=O)C3CC3)cc2)cc1. The third kappa shape index (κ3) is 5.29. The molecule has 2 aromatic carbocycles. The maximum Gasteiger partial charge on any atom is 0.337 e. The molecule has 1 atom stereocenters. The van der Waals surface area contributed by atoms with E-state index in [1.54, 1.807) is 36.2 Å².